The monoisotopic (exact) mass is 282 g/mol. The Hall–Kier alpha value is -2.29. The lowest BCUT2D eigenvalue weighted by molar-refractivity contribution is -0.116. The molecule has 0 radical (unpaired) electrons. The first-order chi connectivity index (χ1) is 10.0. The predicted molar refractivity (Wildman–Crippen MR) is 89.3 cm³/mol. The summed E-state index contributed by atoms with van der Waals surface area (Å²) in [4.78, 5) is 11.7. The van der Waals surface area contributed by atoms with Gasteiger partial charge in [0.15, 0.2) is 0 Å². The summed E-state index contributed by atoms with van der Waals surface area (Å²) < 4.78 is 0. The third-order valence-electron chi connectivity index (χ3n) is 3.58. The molecule has 0 atom stereocenters. The van der Waals surface area contributed by atoms with E-state index in [0.717, 1.165) is 40.0 Å². The molecule has 0 aliphatic heterocycles. The molecule has 0 saturated carbocycles. The molecule has 0 fully saturated rings. The van der Waals surface area contributed by atoms with Gasteiger partial charge < -0.3 is 11.1 Å². The van der Waals surface area contributed by atoms with E-state index in [1.165, 1.54) is 0 Å². The molecule has 0 saturated heterocycles. The van der Waals surface area contributed by atoms with Crippen LogP contribution in [0.4, 0.5) is 11.4 Å². The molecule has 21 heavy (non-hydrogen) atoms. The summed E-state index contributed by atoms with van der Waals surface area (Å²) in [6.45, 7) is 6.01. The fraction of sp³-hybridized carbons (Fsp3) is 0.278. The Morgan fingerprint density at radius 3 is 2.24 bits per heavy atom. The molecule has 0 aromatic heterocycles. The molecule has 2 aromatic carbocycles. The molecular formula is C18H22N2O. The van der Waals surface area contributed by atoms with E-state index in [2.05, 4.69) is 17.4 Å². The maximum absolute atomic E-state index is 11.7. The second kappa shape index (κ2) is 6.44. The van der Waals surface area contributed by atoms with E-state index in [9.17, 15) is 4.79 Å². The second-order valence-corrected chi connectivity index (χ2v) is 5.40. The number of hydrogen-bond acceptors (Lipinski definition) is 2. The Bertz CT molecular complexity index is 662. The molecule has 0 aliphatic rings. The highest BCUT2D eigenvalue weighted by molar-refractivity contribution is 5.91. The van der Waals surface area contributed by atoms with Gasteiger partial charge in [0.2, 0.25) is 5.91 Å². The van der Waals surface area contributed by atoms with Crippen molar-refractivity contribution < 1.29 is 4.79 Å². The van der Waals surface area contributed by atoms with Crippen LogP contribution >= 0.6 is 0 Å². The highest BCUT2D eigenvalue weighted by Gasteiger charge is 2.06. The smallest absolute Gasteiger partial charge is 0.224 e. The lowest BCUT2D eigenvalue weighted by Gasteiger charge is -2.11. The van der Waals surface area contributed by atoms with E-state index >= 15 is 0 Å². The maximum Gasteiger partial charge on any atom is 0.224 e. The Balaban J connectivity index is 2.26. The van der Waals surface area contributed by atoms with E-state index < -0.39 is 0 Å². The van der Waals surface area contributed by atoms with Crippen molar-refractivity contribution in [2.24, 2.45) is 0 Å². The van der Waals surface area contributed by atoms with Crippen LogP contribution in [-0.4, -0.2) is 5.91 Å². The number of rotatable bonds is 4. The number of nitrogens with one attached hydrogen (secondary N) is 1. The van der Waals surface area contributed by atoms with Gasteiger partial charge in [-0.3, -0.25) is 4.79 Å². The van der Waals surface area contributed by atoms with Crippen LogP contribution in [-0.2, 0) is 4.79 Å². The van der Waals surface area contributed by atoms with Gasteiger partial charge in [0, 0.05) is 17.8 Å². The summed E-state index contributed by atoms with van der Waals surface area (Å²) in [7, 11) is 0. The standard InChI is InChI=1S/C18H22N2O/c1-4-5-18(21)20-17-9-7-15(11-13(17)3)14-6-8-16(19)12(2)10-14/h6-11H,4-5,19H2,1-3H3,(H,20,21). The zero-order chi connectivity index (χ0) is 15.4. The van der Waals surface area contributed by atoms with Crippen LogP contribution in [0.3, 0.4) is 0 Å². The van der Waals surface area contributed by atoms with Crippen molar-refractivity contribution in [2.75, 3.05) is 11.1 Å². The molecule has 3 nitrogen and oxygen atoms in total. The number of amides is 1. The van der Waals surface area contributed by atoms with Crippen LogP contribution in [0, 0.1) is 13.8 Å². The van der Waals surface area contributed by atoms with Crippen LogP contribution in [0.25, 0.3) is 11.1 Å². The average molecular weight is 282 g/mol. The molecule has 2 rings (SSSR count). The van der Waals surface area contributed by atoms with Crippen LogP contribution in [0.5, 0.6) is 0 Å². The van der Waals surface area contributed by atoms with Gasteiger partial charge in [0.25, 0.3) is 0 Å². The van der Waals surface area contributed by atoms with Crippen LogP contribution < -0.4 is 11.1 Å². The van der Waals surface area contributed by atoms with Crippen LogP contribution in [0.1, 0.15) is 30.9 Å². The highest BCUT2D eigenvalue weighted by atomic mass is 16.1. The van der Waals surface area contributed by atoms with Gasteiger partial charge in [-0.1, -0.05) is 19.1 Å². The fourth-order valence-electron chi connectivity index (χ4n) is 2.28. The van der Waals surface area contributed by atoms with Crippen molar-refractivity contribution in [2.45, 2.75) is 33.6 Å². The molecule has 0 heterocycles. The molecule has 2 aromatic rings. The van der Waals surface area contributed by atoms with Gasteiger partial charge in [-0.15, -0.1) is 0 Å². The number of nitrogen functional groups attached to an aromatic ring is 1. The molecule has 3 N–H and O–H groups in total. The zero-order valence-corrected chi connectivity index (χ0v) is 12.9. The minimum Gasteiger partial charge on any atom is -0.399 e. The molecule has 110 valence electrons. The minimum atomic E-state index is 0.0664. The maximum atomic E-state index is 11.7. The van der Waals surface area contributed by atoms with Gasteiger partial charge >= 0.3 is 0 Å². The lowest BCUT2D eigenvalue weighted by Crippen LogP contribution is -2.11. The summed E-state index contributed by atoms with van der Waals surface area (Å²) in [5, 5.41) is 2.95. The molecule has 0 aliphatic carbocycles. The Labute approximate surface area is 126 Å². The number of benzene rings is 2. The Kier molecular flexibility index (Phi) is 4.63. The van der Waals surface area contributed by atoms with E-state index in [-0.39, 0.29) is 5.91 Å². The van der Waals surface area contributed by atoms with E-state index in [0.29, 0.717) is 6.42 Å². The third kappa shape index (κ3) is 3.63. The summed E-state index contributed by atoms with van der Waals surface area (Å²) in [5.41, 5.74) is 11.9. The van der Waals surface area contributed by atoms with E-state index in [1.54, 1.807) is 0 Å². The molecule has 3 heteroatoms. The van der Waals surface area contributed by atoms with Crippen molar-refractivity contribution in [1.29, 1.82) is 0 Å². The molecular weight excluding hydrogens is 260 g/mol. The zero-order valence-electron chi connectivity index (χ0n) is 12.9. The number of aryl methyl sites for hydroxylation is 2. The second-order valence-electron chi connectivity index (χ2n) is 5.40. The predicted octanol–water partition coefficient (Wildman–Crippen LogP) is 4.29. The highest BCUT2D eigenvalue weighted by Crippen LogP contribution is 2.27. The van der Waals surface area contributed by atoms with Gasteiger partial charge in [0.05, 0.1) is 0 Å². The number of anilines is 2. The van der Waals surface area contributed by atoms with Crippen LogP contribution in [0.2, 0.25) is 0 Å². The van der Waals surface area contributed by atoms with Gasteiger partial charge in [-0.2, -0.15) is 0 Å². The van der Waals surface area contributed by atoms with Gasteiger partial charge in [-0.05, 0) is 66.8 Å². The molecule has 0 unspecified atom stereocenters. The number of hydrogen-bond donors (Lipinski definition) is 2. The Morgan fingerprint density at radius 2 is 1.67 bits per heavy atom. The van der Waals surface area contributed by atoms with Gasteiger partial charge in [-0.25, -0.2) is 0 Å². The first kappa shape index (κ1) is 15.1. The average Bonchev–Trinajstić information content (AvgIpc) is 2.44. The summed E-state index contributed by atoms with van der Waals surface area (Å²) in [5.74, 6) is 0.0664. The fourth-order valence-corrected chi connectivity index (χ4v) is 2.28. The van der Waals surface area contributed by atoms with Crippen molar-refractivity contribution in [3.05, 3.63) is 47.5 Å². The normalized spacial score (nSPS) is 10.4. The minimum absolute atomic E-state index is 0.0664. The summed E-state index contributed by atoms with van der Waals surface area (Å²) in [6.07, 6.45) is 1.41. The largest absolute Gasteiger partial charge is 0.399 e. The topological polar surface area (TPSA) is 55.1 Å². The summed E-state index contributed by atoms with van der Waals surface area (Å²) >= 11 is 0. The third-order valence-corrected chi connectivity index (χ3v) is 3.58. The first-order valence-corrected chi connectivity index (χ1v) is 7.28. The lowest BCUT2D eigenvalue weighted by atomic mass is 10.00. The van der Waals surface area contributed by atoms with Crippen molar-refractivity contribution >= 4 is 17.3 Å². The van der Waals surface area contributed by atoms with Crippen molar-refractivity contribution in [3.63, 3.8) is 0 Å². The van der Waals surface area contributed by atoms with E-state index in [4.69, 9.17) is 5.73 Å². The number of carbonyl (C=O) groups excluding carboxylic acids is 1. The van der Waals surface area contributed by atoms with E-state index in [1.807, 2.05) is 45.0 Å². The molecule has 0 spiro atoms. The molecule has 1 amide bonds. The van der Waals surface area contributed by atoms with Crippen molar-refractivity contribution in [3.8, 4) is 11.1 Å². The number of nitrogens with two attached hydrogens (primary N) is 1. The van der Waals surface area contributed by atoms with Crippen molar-refractivity contribution in [1.82, 2.24) is 0 Å². The van der Waals surface area contributed by atoms with Crippen LogP contribution in [0.15, 0.2) is 36.4 Å². The quantitative estimate of drug-likeness (QED) is 0.822. The molecule has 0 bridgehead atoms. The first-order valence-electron chi connectivity index (χ1n) is 7.28. The number of carbonyl (C=O) groups is 1. The summed E-state index contributed by atoms with van der Waals surface area (Å²) in [6, 6.07) is 12.1. The van der Waals surface area contributed by atoms with Gasteiger partial charge in [0.1, 0.15) is 0 Å². The Morgan fingerprint density at radius 1 is 1.05 bits per heavy atom. The SMILES string of the molecule is CCCC(=O)Nc1ccc(-c2ccc(N)c(C)c2)cc1C.